The quantitative estimate of drug-likeness (QED) is 0.586. The second-order valence-electron chi connectivity index (χ2n) is 5.66. The van der Waals surface area contributed by atoms with E-state index < -0.39 is 15.9 Å². The number of amides is 1. The number of anilines is 1. The Kier molecular flexibility index (Phi) is 7.91. The van der Waals surface area contributed by atoms with E-state index >= 15 is 0 Å². The van der Waals surface area contributed by atoms with Gasteiger partial charge in [-0.2, -0.15) is 0 Å². The highest BCUT2D eigenvalue weighted by Gasteiger charge is 2.16. The molecule has 0 spiro atoms. The van der Waals surface area contributed by atoms with Crippen LogP contribution in [0.15, 0.2) is 47.4 Å². The third-order valence-corrected chi connectivity index (χ3v) is 5.63. The predicted molar refractivity (Wildman–Crippen MR) is 107 cm³/mol. The van der Waals surface area contributed by atoms with Crippen LogP contribution in [0.1, 0.15) is 19.8 Å². The van der Waals surface area contributed by atoms with Gasteiger partial charge in [0, 0.05) is 6.54 Å². The number of carbonyl (C=O) groups is 1. The van der Waals surface area contributed by atoms with Crippen molar-refractivity contribution >= 4 is 44.8 Å². The van der Waals surface area contributed by atoms with Crippen LogP contribution in [0.2, 0.25) is 10.0 Å². The Morgan fingerprint density at radius 3 is 2.52 bits per heavy atom. The van der Waals surface area contributed by atoms with Gasteiger partial charge < -0.3 is 10.1 Å². The second kappa shape index (κ2) is 9.94. The normalized spacial score (nSPS) is 11.2. The summed E-state index contributed by atoms with van der Waals surface area (Å²) in [6, 6.07) is 10.9. The standard InChI is InChI=1S/C18H20Cl2N2O4S/c1-2-3-10-21-27(24,25)13-8-9-17(15(20)11-13)26-12-18(23)22-16-7-5-4-6-14(16)19/h4-9,11,21H,2-3,10,12H2,1H3,(H,22,23). The molecule has 0 bridgehead atoms. The van der Waals surface area contributed by atoms with Gasteiger partial charge in [-0.15, -0.1) is 0 Å². The summed E-state index contributed by atoms with van der Waals surface area (Å²) in [6.07, 6.45) is 1.63. The summed E-state index contributed by atoms with van der Waals surface area (Å²) < 4.78 is 32.2. The molecule has 2 aromatic rings. The van der Waals surface area contributed by atoms with E-state index in [-0.39, 0.29) is 22.3 Å². The first-order valence-corrected chi connectivity index (χ1v) is 10.5. The molecular formula is C18H20Cl2N2O4S. The van der Waals surface area contributed by atoms with Crippen LogP contribution in [0.25, 0.3) is 0 Å². The van der Waals surface area contributed by atoms with Crippen molar-refractivity contribution in [1.82, 2.24) is 4.72 Å². The fourth-order valence-electron chi connectivity index (χ4n) is 2.12. The molecule has 146 valence electrons. The fourth-order valence-corrected chi connectivity index (χ4v) is 3.71. The van der Waals surface area contributed by atoms with Crippen LogP contribution in [0.3, 0.4) is 0 Å². The molecule has 0 fully saturated rings. The number of sulfonamides is 1. The lowest BCUT2D eigenvalue weighted by Gasteiger charge is -2.11. The summed E-state index contributed by atoms with van der Waals surface area (Å²) in [5, 5.41) is 3.13. The van der Waals surface area contributed by atoms with Crippen LogP contribution in [0.5, 0.6) is 5.75 Å². The number of halogens is 2. The molecule has 0 unspecified atom stereocenters. The molecule has 6 nitrogen and oxygen atoms in total. The summed E-state index contributed by atoms with van der Waals surface area (Å²) in [5.74, 6) is -0.212. The molecule has 0 heterocycles. The Labute approximate surface area is 168 Å². The molecule has 2 rings (SSSR count). The lowest BCUT2D eigenvalue weighted by molar-refractivity contribution is -0.118. The molecule has 0 aromatic heterocycles. The minimum absolute atomic E-state index is 0.0384. The molecule has 0 aliphatic carbocycles. The molecule has 27 heavy (non-hydrogen) atoms. The van der Waals surface area contributed by atoms with Crippen molar-refractivity contribution in [1.29, 1.82) is 0 Å². The summed E-state index contributed by atoms with van der Waals surface area (Å²) in [5.41, 5.74) is 0.471. The smallest absolute Gasteiger partial charge is 0.262 e. The van der Waals surface area contributed by atoms with E-state index in [0.717, 1.165) is 12.8 Å². The maximum absolute atomic E-state index is 12.2. The van der Waals surface area contributed by atoms with Crippen LogP contribution < -0.4 is 14.8 Å². The first-order valence-electron chi connectivity index (χ1n) is 8.30. The van der Waals surface area contributed by atoms with Crippen LogP contribution in [0.4, 0.5) is 5.69 Å². The lowest BCUT2D eigenvalue weighted by Crippen LogP contribution is -2.24. The largest absolute Gasteiger partial charge is 0.482 e. The second-order valence-corrected chi connectivity index (χ2v) is 8.24. The first kappa shape index (κ1) is 21.5. The highest BCUT2D eigenvalue weighted by molar-refractivity contribution is 7.89. The zero-order valence-electron chi connectivity index (χ0n) is 14.7. The number of nitrogens with one attached hydrogen (secondary N) is 2. The average molecular weight is 431 g/mol. The Balaban J connectivity index is 1.97. The Hall–Kier alpha value is -1.80. The van der Waals surface area contributed by atoms with E-state index in [9.17, 15) is 13.2 Å². The number of para-hydroxylation sites is 1. The lowest BCUT2D eigenvalue weighted by atomic mass is 10.3. The van der Waals surface area contributed by atoms with Gasteiger partial charge in [-0.3, -0.25) is 4.79 Å². The van der Waals surface area contributed by atoms with Crippen molar-refractivity contribution < 1.29 is 17.9 Å². The van der Waals surface area contributed by atoms with Crippen molar-refractivity contribution in [2.75, 3.05) is 18.5 Å². The van der Waals surface area contributed by atoms with Crippen molar-refractivity contribution in [3.8, 4) is 5.75 Å². The number of benzene rings is 2. The van der Waals surface area contributed by atoms with Crippen molar-refractivity contribution in [3.63, 3.8) is 0 Å². The van der Waals surface area contributed by atoms with Gasteiger partial charge in [0.25, 0.3) is 5.91 Å². The zero-order valence-corrected chi connectivity index (χ0v) is 17.0. The van der Waals surface area contributed by atoms with E-state index in [4.69, 9.17) is 27.9 Å². The number of hydrogen-bond donors (Lipinski definition) is 2. The topological polar surface area (TPSA) is 84.5 Å². The molecular weight excluding hydrogens is 411 g/mol. The molecule has 0 saturated carbocycles. The number of carbonyl (C=O) groups excluding carboxylic acids is 1. The molecule has 2 aromatic carbocycles. The van der Waals surface area contributed by atoms with Gasteiger partial charge in [0.05, 0.1) is 20.6 Å². The van der Waals surface area contributed by atoms with Crippen LogP contribution in [-0.2, 0) is 14.8 Å². The Morgan fingerprint density at radius 2 is 1.85 bits per heavy atom. The third-order valence-electron chi connectivity index (χ3n) is 3.54. The average Bonchev–Trinajstić information content (AvgIpc) is 2.62. The van der Waals surface area contributed by atoms with Gasteiger partial charge >= 0.3 is 0 Å². The molecule has 0 radical (unpaired) electrons. The van der Waals surface area contributed by atoms with E-state index in [1.54, 1.807) is 24.3 Å². The molecule has 0 saturated heterocycles. The van der Waals surface area contributed by atoms with E-state index in [1.807, 2.05) is 6.92 Å². The Bertz CT molecular complexity index is 904. The summed E-state index contributed by atoms with van der Waals surface area (Å²) >= 11 is 12.1. The van der Waals surface area contributed by atoms with Crippen molar-refractivity contribution in [3.05, 3.63) is 52.5 Å². The van der Waals surface area contributed by atoms with Crippen LogP contribution in [0, 0.1) is 0 Å². The minimum Gasteiger partial charge on any atom is -0.482 e. The van der Waals surface area contributed by atoms with Gasteiger partial charge in [0.1, 0.15) is 5.75 Å². The summed E-state index contributed by atoms with van der Waals surface area (Å²) in [7, 11) is -3.63. The summed E-state index contributed by atoms with van der Waals surface area (Å²) in [4.78, 5) is 12.0. The molecule has 9 heteroatoms. The van der Waals surface area contributed by atoms with E-state index in [2.05, 4.69) is 10.0 Å². The maximum Gasteiger partial charge on any atom is 0.262 e. The molecule has 1 amide bonds. The van der Waals surface area contributed by atoms with Crippen LogP contribution in [-0.4, -0.2) is 27.5 Å². The SMILES string of the molecule is CCCCNS(=O)(=O)c1ccc(OCC(=O)Nc2ccccc2Cl)c(Cl)c1. The molecule has 2 N–H and O–H groups in total. The summed E-state index contributed by atoms with van der Waals surface area (Å²) in [6.45, 7) is 2.03. The highest BCUT2D eigenvalue weighted by atomic mass is 35.5. The van der Waals surface area contributed by atoms with Crippen molar-refractivity contribution in [2.45, 2.75) is 24.7 Å². The monoisotopic (exact) mass is 430 g/mol. The zero-order chi connectivity index (χ0) is 19.9. The first-order chi connectivity index (χ1) is 12.8. The Morgan fingerprint density at radius 1 is 1.11 bits per heavy atom. The van der Waals surface area contributed by atoms with E-state index in [0.29, 0.717) is 17.3 Å². The fraction of sp³-hybridized carbons (Fsp3) is 0.278. The van der Waals surface area contributed by atoms with Gasteiger partial charge in [-0.05, 0) is 36.8 Å². The number of unbranched alkanes of at least 4 members (excludes halogenated alkanes) is 1. The third kappa shape index (κ3) is 6.39. The van der Waals surface area contributed by atoms with Crippen molar-refractivity contribution in [2.24, 2.45) is 0 Å². The highest BCUT2D eigenvalue weighted by Crippen LogP contribution is 2.27. The molecule has 0 aliphatic rings. The predicted octanol–water partition coefficient (Wildman–Crippen LogP) is 4.09. The van der Waals surface area contributed by atoms with Gasteiger partial charge in [0.15, 0.2) is 6.61 Å². The maximum atomic E-state index is 12.2. The van der Waals surface area contributed by atoms with E-state index in [1.165, 1.54) is 18.2 Å². The van der Waals surface area contributed by atoms with Crippen LogP contribution >= 0.6 is 23.2 Å². The minimum atomic E-state index is -3.63. The van der Waals surface area contributed by atoms with Gasteiger partial charge in [-0.1, -0.05) is 48.7 Å². The number of rotatable bonds is 9. The molecule has 0 atom stereocenters. The number of hydrogen-bond acceptors (Lipinski definition) is 4. The van der Waals surface area contributed by atoms with Gasteiger partial charge in [0.2, 0.25) is 10.0 Å². The molecule has 0 aliphatic heterocycles. The number of ether oxygens (including phenoxy) is 1. The van der Waals surface area contributed by atoms with Gasteiger partial charge in [-0.25, -0.2) is 13.1 Å².